The highest BCUT2D eigenvalue weighted by molar-refractivity contribution is 9.10. The number of nitrogens with zero attached hydrogens (tertiary/aromatic N) is 2. The largest absolute Gasteiger partial charge is 0.391 e. The van der Waals surface area contributed by atoms with E-state index in [0.717, 1.165) is 11.1 Å². The summed E-state index contributed by atoms with van der Waals surface area (Å²) in [6.45, 7) is 0.00803. The number of rotatable bonds is 1. The fourth-order valence-corrected chi connectivity index (χ4v) is 1.67. The number of aliphatic hydroxyl groups is 1. The lowest BCUT2D eigenvalue weighted by Gasteiger charge is -1.92. The van der Waals surface area contributed by atoms with Crippen molar-refractivity contribution in [1.82, 2.24) is 9.61 Å². The first kappa shape index (κ1) is 7.76. The third-order valence-electron chi connectivity index (χ3n) is 1.75. The Morgan fingerprint density at radius 1 is 1.50 bits per heavy atom. The summed E-state index contributed by atoms with van der Waals surface area (Å²) in [7, 11) is 0. The molecule has 0 bridgehead atoms. The van der Waals surface area contributed by atoms with Crippen LogP contribution >= 0.6 is 15.9 Å². The third kappa shape index (κ3) is 1.04. The summed E-state index contributed by atoms with van der Waals surface area (Å²) < 4.78 is 2.44. The second-order valence-corrected chi connectivity index (χ2v) is 3.21. The van der Waals surface area contributed by atoms with Crippen molar-refractivity contribution in [3.8, 4) is 0 Å². The van der Waals surface area contributed by atoms with Crippen LogP contribution in [0.15, 0.2) is 29.0 Å². The van der Waals surface area contributed by atoms with Crippen molar-refractivity contribution in [2.24, 2.45) is 0 Å². The molecule has 2 aromatic rings. The molecule has 0 saturated carbocycles. The highest BCUT2D eigenvalue weighted by Crippen LogP contribution is 2.19. The van der Waals surface area contributed by atoms with Crippen LogP contribution in [0.5, 0.6) is 0 Å². The maximum atomic E-state index is 9.02. The van der Waals surface area contributed by atoms with Gasteiger partial charge in [-0.05, 0) is 28.1 Å². The molecule has 2 heterocycles. The van der Waals surface area contributed by atoms with Gasteiger partial charge in [0.1, 0.15) is 4.60 Å². The Bertz CT molecular complexity index is 410. The molecule has 0 radical (unpaired) electrons. The molecule has 0 fully saturated rings. The van der Waals surface area contributed by atoms with Gasteiger partial charge < -0.3 is 5.11 Å². The lowest BCUT2D eigenvalue weighted by Crippen LogP contribution is -1.84. The van der Waals surface area contributed by atoms with E-state index >= 15 is 0 Å². The summed E-state index contributed by atoms with van der Waals surface area (Å²) in [5, 5.41) is 13.2. The van der Waals surface area contributed by atoms with Gasteiger partial charge in [-0.25, -0.2) is 4.52 Å². The molecule has 62 valence electrons. The highest BCUT2D eigenvalue weighted by Gasteiger charge is 2.07. The Balaban J connectivity index is 2.81. The smallest absolute Gasteiger partial charge is 0.134 e. The first-order chi connectivity index (χ1) is 5.83. The van der Waals surface area contributed by atoms with Gasteiger partial charge in [-0.15, -0.1) is 0 Å². The summed E-state index contributed by atoms with van der Waals surface area (Å²) in [5.74, 6) is 0. The second kappa shape index (κ2) is 2.88. The van der Waals surface area contributed by atoms with Crippen molar-refractivity contribution in [3.63, 3.8) is 0 Å². The summed E-state index contributed by atoms with van der Waals surface area (Å²) >= 11 is 3.28. The lowest BCUT2D eigenvalue weighted by atomic mass is 10.3. The molecule has 2 aromatic heterocycles. The zero-order chi connectivity index (χ0) is 8.55. The van der Waals surface area contributed by atoms with Gasteiger partial charge in [0, 0.05) is 11.8 Å². The van der Waals surface area contributed by atoms with E-state index in [1.54, 1.807) is 4.52 Å². The molecule has 0 aliphatic heterocycles. The van der Waals surface area contributed by atoms with Gasteiger partial charge in [0.05, 0.1) is 12.1 Å². The van der Waals surface area contributed by atoms with Crippen LogP contribution in [-0.4, -0.2) is 14.7 Å². The fraction of sp³-hybridized carbons (Fsp3) is 0.125. The Kier molecular flexibility index (Phi) is 1.86. The van der Waals surface area contributed by atoms with Crippen molar-refractivity contribution >= 4 is 21.4 Å². The minimum absolute atomic E-state index is 0.00803. The van der Waals surface area contributed by atoms with Crippen LogP contribution in [0.3, 0.4) is 0 Å². The first-order valence-corrected chi connectivity index (χ1v) is 4.35. The van der Waals surface area contributed by atoms with Gasteiger partial charge in [0.25, 0.3) is 0 Å². The third-order valence-corrected chi connectivity index (χ3v) is 2.39. The van der Waals surface area contributed by atoms with Crippen molar-refractivity contribution in [1.29, 1.82) is 0 Å². The van der Waals surface area contributed by atoms with Crippen LogP contribution in [0, 0.1) is 0 Å². The van der Waals surface area contributed by atoms with Crippen LogP contribution in [-0.2, 0) is 6.61 Å². The number of halogens is 1. The van der Waals surface area contributed by atoms with E-state index in [-0.39, 0.29) is 6.61 Å². The van der Waals surface area contributed by atoms with Crippen molar-refractivity contribution in [3.05, 3.63) is 34.6 Å². The quantitative estimate of drug-likeness (QED) is 0.803. The summed E-state index contributed by atoms with van der Waals surface area (Å²) in [4.78, 5) is 0. The molecule has 4 heteroatoms. The van der Waals surface area contributed by atoms with Crippen molar-refractivity contribution < 1.29 is 5.11 Å². The molecule has 12 heavy (non-hydrogen) atoms. The van der Waals surface area contributed by atoms with E-state index in [4.69, 9.17) is 5.11 Å². The zero-order valence-corrected chi connectivity index (χ0v) is 7.82. The standard InChI is InChI=1S/C8H7BrN2O/c9-8-6(5-12)7-3-1-2-4-11(7)10-8/h1-4,12H,5H2. The number of hydrogen-bond acceptors (Lipinski definition) is 2. The Morgan fingerprint density at radius 3 is 3.08 bits per heavy atom. The zero-order valence-electron chi connectivity index (χ0n) is 6.24. The summed E-state index contributed by atoms with van der Waals surface area (Å²) in [6, 6.07) is 5.74. The predicted molar refractivity (Wildman–Crippen MR) is 48.8 cm³/mol. The average molecular weight is 227 g/mol. The lowest BCUT2D eigenvalue weighted by molar-refractivity contribution is 0.282. The second-order valence-electron chi connectivity index (χ2n) is 2.46. The average Bonchev–Trinajstić information content (AvgIpc) is 2.40. The SMILES string of the molecule is OCc1c(Br)nn2ccccc12. The van der Waals surface area contributed by atoms with Crippen LogP contribution in [0.25, 0.3) is 5.52 Å². The van der Waals surface area contributed by atoms with Crippen molar-refractivity contribution in [2.45, 2.75) is 6.61 Å². The van der Waals surface area contributed by atoms with E-state index in [0.29, 0.717) is 4.60 Å². The highest BCUT2D eigenvalue weighted by atomic mass is 79.9. The van der Waals surface area contributed by atoms with Gasteiger partial charge in [-0.3, -0.25) is 0 Å². The number of pyridine rings is 1. The predicted octanol–water partition coefficient (Wildman–Crippen LogP) is 1.59. The van der Waals surface area contributed by atoms with Crippen LogP contribution in [0.1, 0.15) is 5.56 Å². The molecular formula is C8H7BrN2O. The molecular weight excluding hydrogens is 220 g/mol. The Hall–Kier alpha value is -0.870. The summed E-state index contributed by atoms with van der Waals surface area (Å²) in [6.07, 6.45) is 1.85. The summed E-state index contributed by atoms with van der Waals surface area (Å²) in [5.41, 5.74) is 1.77. The fourth-order valence-electron chi connectivity index (χ4n) is 1.17. The molecule has 3 nitrogen and oxygen atoms in total. The van der Waals surface area contributed by atoms with Gasteiger partial charge in [0.2, 0.25) is 0 Å². The minimum Gasteiger partial charge on any atom is -0.391 e. The van der Waals surface area contributed by atoms with E-state index in [9.17, 15) is 0 Å². The molecule has 0 aliphatic carbocycles. The Labute approximate surface area is 77.8 Å². The molecule has 0 unspecified atom stereocenters. The monoisotopic (exact) mass is 226 g/mol. The van der Waals surface area contributed by atoms with Crippen LogP contribution < -0.4 is 0 Å². The molecule has 0 aromatic carbocycles. The first-order valence-electron chi connectivity index (χ1n) is 3.55. The number of aliphatic hydroxyl groups excluding tert-OH is 1. The van der Waals surface area contributed by atoms with E-state index < -0.39 is 0 Å². The minimum atomic E-state index is 0.00803. The normalized spacial score (nSPS) is 10.8. The topological polar surface area (TPSA) is 37.5 Å². The molecule has 0 atom stereocenters. The number of hydrogen-bond donors (Lipinski definition) is 1. The van der Waals surface area contributed by atoms with Crippen LogP contribution in [0.4, 0.5) is 0 Å². The Morgan fingerprint density at radius 2 is 2.33 bits per heavy atom. The van der Waals surface area contributed by atoms with E-state index in [1.807, 2.05) is 24.4 Å². The maximum Gasteiger partial charge on any atom is 0.134 e. The van der Waals surface area contributed by atoms with Gasteiger partial charge in [-0.1, -0.05) is 6.07 Å². The van der Waals surface area contributed by atoms with Crippen LogP contribution in [0.2, 0.25) is 0 Å². The maximum absolute atomic E-state index is 9.02. The van der Waals surface area contributed by atoms with Crippen molar-refractivity contribution in [2.75, 3.05) is 0 Å². The van der Waals surface area contributed by atoms with Gasteiger partial charge >= 0.3 is 0 Å². The molecule has 2 rings (SSSR count). The van der Waals surface area contributed by atoms with Gasteiger partial charge in [0.15, 0.2) is 0 Å². The van der Waals surface area contributed by atoms with Gasteiger partial charge in [-0.2, -0.15) is 5.10 Å². The molecule has 0 amide bonds. The molecule has 1 N–H and O–H groups in total. The molecule has 0 spiro atoms. The van der Waals surface area contributed by atoms with E-state index in [1.165, 1.54) is 0 Å². The number of fused-ring (bicyclic) bond motifs is 1. The molecule has 0 aliphatic rings. The molecule has 0 saturated heterocycles. The number of aromatic nitrogens is 2. The van der Waals surface area contributed by atoms with E-state index in [2.05, 4.69) is 21.0 Å².